The maximum Gasteiger partial charge on any atom is 0.0945 e. The van der Waals surface area contributed by atoms with Gasteiger partial charge in [0.05, 0.1) is 6.67 Å². The average Bonchev–Trinajstić information content (AvgIpc) is 3.15. The Balaban J connectivity index is 1.45. The number of anilines is 1. The van der Waals surface area contributed by atoms with E-state index in [0.29, 0.717) is 0 Å². The van der Waals surface area contributed by atoms with E-state index in [0.717, 1.165) is 18.0 Å². The second-order valence-electron chi connectivity index (χ2n) is 9.48. The van der Waals surface area contributed by atoms with E-state index in [1.807, 2.05) is 0 Å². The highest BCUT2D eigenvalue weighted by atomic mass is 31.1. The first-order chi connectivity index (χ1) is 13.6. The molecule has 1 aromatic rings. The summed E-state index contributed by atoms with van der Waals surface area (Å²) in [5.41, 5.74) is 7.69. The number of benzene rings is 1. The van der Waals surface area contributed by atoms with Crippen LogP contribution in [0.15, 0.2) is 24.5 Å². The van der Waals surface area contributed by atoms with Crippen LogP contribution in [0.25, 0.3) is 0 Å². The first-order valence-corrected chi connectivity index (χ1v) is 13.3. The Morgan fingerprint density at radius 2 is 1.32 bits per heavy atom. The molecule has 0 radical (unpaired) electrons. The summed E-state index contributed by atoms with van der Waals surface area (Å²) in [5.74, 6) is 0. The summed E-state index contributed by atoms with van der Waals surface area (Å²) in [6.07, 6.45) is 21.0. The van der Waals surface area contributed by atoms with E-state index in [-0.39, 0.29) is 7.92 Å². The van der Waals surface area contributed by atoms with Crippen molar-refractivity contribution >= 4 is 13.6 Å². The van der Waals surface area contributed by atoms with Crippen molar-refractivity contribution in [3.05, 3.63) is 41.2 Å². The van der Waals surface area contributed by atoms with Crippen molar-refractivity contribution in [1.29, 1.82) is 0 Å². The van der Waals surface area contributed by atoms with Gasteiger partial charge in [-0.25, -0.2) is 0 Å². The number of nitrogens with zero attached hydrogens (tertiary/aromatic N) is 2. The van der Waals surface area contributed by atoms with Gasteiger partial charge in [0.2, 0.25) is 0 Å². The molecule has 28 heavy (non-hydrogen) atoms. The lowest BCUT2D eigenvalue weighted by Crippen LogP contribution is -2.31. The molecular formula is C25H39N2P. The van der Waals surface area contributed by atoms with E-state index in [4.69, 9.17) is 0 Å². The lowest BCUT2D eigenvalue weighted by molar-refractivity contribution is 0.446. The number of aryl methyl sites for hydroxylation is 3. The Kier molecular flexibility index (Phi) is 6.66. The number of hydrogen-bond acceptors (Lipinski definition) is 2. The molecule has 0 bridgehead atoms. The van der Waals surface area contributed by atoms with Crippen molar-refractivity contribution in [1.82, 2.24) is 4.90 Å². The van der Waals surface area contributed by atoms with E-state index in [1.54, 1.807) is 0 Å². The van der Waals surface area contributed by atoms with Crippen LogP contribution in [0.2, 0.25) is 0 Å². The molecule has 0 spiro atoms. The van der Waals surface area contributed by atoms with Gasteiger partial charge in [-0.2, -0.15) is 0 Å². The lowest BCUT2D eigenvalue weighted by Gasteiger charge is -2.40. The zero-order valence-corrected chi connectivity index (χ0v) is 19.2. The minimum atomic E-state index is 0.132. The van der Waals surface area contributed by atoms with Crippen LogP contribution in [0.5, 0.6) is 0 Å². The van der Waals surface area contributed by atoms with Crippen LogP contribution in [-0.4, -0.2) is 29.2 Å². The smallest absolute Gasteiger partial charge is 0.0945 e. The predicted octanol–water partition coefficient (Wildman–Crippen LogP) is 7.27. The Morgan fingerprint density at radius 1 is 0.786 bits per heavy atom. The van der Waals surface area contributed by atoms with E-state index in [2.05, 4.69) is 55.1 Å². The summed E-state index contributed by atoms with van der Waals surface area (Å²) in [7, 11) is 0.132. The van der Waals surface area contributed by atoms with Gasteiger partial charge < -0.3 is 9.80 Å². The third kappa shape index (κ3) is 4.59. The minimum absolute atomic E-state index is 0.132. The van der Waals surface area contributed by atoms with Crippen molar-refractivity contribution < 1.29 is 0 Å². The standard InChI is InChI=1S/C25H39N2P/c1-20-16-21(2)25(22(3)17-20)27-15-14-26(18-27)19-28(23-10-6-4-7-11-23)24-12-8-5-9-13-24/h14-17,23-24H,4-13,18-19H2,1-3H3. The van der Waals surface area contributed by atoms with Gasteiger partial charge in [-0.1, -0.05) is 64.1 Å². The van der Waals surface area contributed by atoms with E-state index in [1.165, 1.54) is 92.9 Å². The van der Waals surface area contributed by atoms with Gasteiger partial charge in [-0.3, -0.25) is 0 Å². The molecule has 1 aliphatic heterocycles. The molecule has 1 aromatic carbocycles. The van der Waals surface area contributed by atoms with Gasteiger partial charge >= 0.3 is 0 Å². The molecule has 0 aromatic heterocycles. The highest BCUT2D eigenvalue weighted by molar-refractivity contribution is 7.59. The Labute approximate surface area is 174 Å². The van der Waals surface area contributed by atoms with Crippen molar-refractivity contribution in [3.63, 3.8) is 0 Å². The molecule has 1 heterocycles. The Morgan fingerprint density at radius 3 is 1.86 bits per heavy atom. The summed E-state index contributed by atoms with van der Waals surface area (Å²) >= 11 is 0. The van der Waals surface area contributed by atoms with Gasteiger partial charge in [0, 0.05) is 24.4 Å². The molecule has 0 N–H and O–H groups in total. The van der Waals surface area contributed by atoms with Crippen LogP contribution < -0.4 is 4.90 Å². The van der Waals surface area contributed by atoms with Crippen molar-refractivity contribution in [2.24, 2.45) is 0 Å². The molecule has 0 saturated heterocycles. The quantitative estimate of drug-likeness (QED) is 0.481. The predicted molar refractivity (Wildman–Crippen MR) is 125 cm³/mol. The van der Waals surface area contributed by atoms with Crippen LogP contribution in [0.4, 0.5) is 5.69 Å². The molecule has 154 valence electrons. The zero-order chi connectivity index (χ0) is 19.5. The summed E-state index contributed by atoms with van der Waals surface area (Å²) in [4.78, 5) is 5.13. The molecule has 0 atom stereocenters. The van der Waals surface area contributed by atoms with Crippen molar-refractivity contribution in [2.45, 2.75) is 96.3 Å². The maximum atomic E-state index is 2.65. The van der Waals surface area contributed by atoms with Crippen LogP contribution >= 0.6 is 7.92 Å². The van der Waals surface area contributed by atoms with Gasteiger partial charge in [0.15, 0.2) is 0 Å². The van der Waals surface area contributed by atoms with Gasteiger partial charge in [-0.15, -0.1) is 0 Å². The van der Waals surface area contributed by atoms with E-state index < -0.39 is 0 Å². The van der Waals surface area contributed by atoms with Crippen LogP contribution in [0.1, 0.15) is 80.9 Å². The normalized spacial score (nSPS) is 21.9. The Hall–Kier alpha value is -1.01. The van der Waals surface area contributed by atoms with Crippen molar-refractivity contribution in [2.75, 3.05) is 17.9 Å². The molecule has 2 fully saturated rings. The highest BCUT2D eigenvalue weighted by Crippen LogP contribution is 2.56. The first-order valence-electron chi connectivity index (χ1n) is 11.6. The molecule has 3 aliphatic rings. The van der Waals surface area contributed by atoms with Crippen LogP contribution in [-0.2, 0) is 0 Å². The van der Waals surface area contributed by atoms with Crippen LogP contribution in [0, 0.1) is 20.8 Å². The van der Waals surface area contributed by atoms with Crippen LogP contribution in [0.3, 0.4) is 0 Å². The fourth-order valence-electron chi connectivity index (χ4n) is 5.89. The van der Waals surface area contributed by atoms with Gasteiger partial charge in [0.1, 0.15) is 0 Å². The summed E-state index contributed by atoms with van der Waals surface area (Å²) in [5, 5.41) is 0. The topological polar surface area (TPSA) is 6.48 Å². The SMILES string of the molecule is Cc1cc(C)c(N2C=CN(CP(C3CCCCC3)C3CCCCC3)C2)c(C)c1. The molecular weight excluding hydrogens is 359 g/mol. The van der Waals surface area contributed by atoms with Gasteiger partial charge in [-0.05, 0) is 68.9 Å². The first kappa shape index (κ1) is 20.3. The molecule has 2 saturated carbocycles. The van der Waals surface area contributed by atoms with Crippen molar-refractivity contribution in [3.8, 4) is 0 Å². The van der Waals surface area contributed by atoms with Gasteiger partial charge in [0.25, 0.3) is 0 Å². The average molecular weight is 399 g/mol. The van der Waals surface area contributed by atoms with E-state index in [9.17, 15) is 0 Å². The molecule has 0 unspecified atom stereocenters. The lowest BCUT2D eigenvalue weighted by atomic mass is 9.99. The fraction of sp³-hybridized carbons (Fsp3) is 0.680. The highest BCUT2D eigenvalue weighted by Gasteiger charge is 2.32. The minimum Gasteiger partial charge on any atom is -0.354 e. The Bertz CT molecular complexity index is 645. The maximum absolute atomic E-state index is 2.65. The third-order valence-corrected chi connectivity index (χ3v) is 10.7. The largest absolute Gasteiger partial charge is 0.354 e. The summed E-state index contributed by atoms with van der Waals surface area (Å²) in [6, 6.07) is 4.66. The van der Waals surface area contributed by atoms with E-state index >= 15 is 0 Å². The molecule has 3 heteroatoms. The zero-order valence-electron chi connectivity index (χ0n) is 18.3. The third-order valence-electron chi connectivity index (χ3n) is 7.15. The summed E-state index contributed by atoms with van der Waals surface area (Å²) in [6.45, 7) is 7.78. The molecule has 0 amide bonds. The summed E-state index contributed by atoms with van der Waals surface area (Å²) < 4.78 is 0. The number of hydrogen-bond donors (Lipinski definition) is 0. The monoisotopic (exact) mass is 398 g/mol. The fourth-order valence-corrected chi connectivity index (χ4v) is 9.61. The second-order valence-corrected chi connectivity index (χ2v) is 12.3. The second kappa shape index (κ2) is 9.21. The molecule has 4 rings (SSSR count). The molecule has 2 aliphatic carbocycles. The molecule has 2 nitrogen and oxygen atoms in total. The number of rotatable bonds is 5.